The van der Waals surface area contributed by atoms with Crippen LogP contribution in [0.4, 0.5) is 0 Å². The third-order valence-corrected chi connectivity index (χ3v) is 3.20. The van der Waals surface area contributed by atoms with E-state index in [4.69, 9.17) is 11.6 Å². The molecule has 0 radical (unpaired) electrons. The summed E-state index contributed by atoms with van der Waals surface area (Å²) in [6.45, 7) is 0. The fourth-order valence-electron chi connectivity index (χ4n) is 1.93. The molecule has 1 heterocycles. The Morgan fingerprint density at radius 3 is 3.00 bits per heavy atom. The van der Waals surface area contributed by atoms with E-state index >= 15 is 0 Å². The maximum Gasteiger partial charge on any atom is 0.162 e. The fraction of sp³-hybridized carbons (Fsp3) is 0.385. The quantitative estimate of drug-likeness (QED) is 0.804. The molecule has 0 aliphatic heterocycles. The van der Waals surface area contributed by atoms with Crippen LogP contribution in [0.3, 0.4) is 0 Å². The monoisotopic (exact) mass is 235 g/mol. The first kappa shape index (κ1) is 11.3. The lowest BCUT2D eigenvalue weighted by atomic mass is 9.93. The summed E-state index contributed by atoms with van der Waals surface area (Å²) >= 11 is 5.97. The Hall–Kier alpha value is -1.15. The summed E-state index contributed by atoms with van der Waals surface area (Å²) in [6, 6.07) is 1.81. The largest absolute Gasteiger partial charge is 0.294 e. The van der Waals surface area contributed by atoms with Crippen molar-refractivity contribution in [3.8, 4) is 0 Å². The van der Waals surface area contributed by atoms with E-state index in [0.29, 0.717) is 11.4 Å². The van der Waals surface area contributed by atoms with Gasteiger partial charge in [0.25, 0.3) is 0 Å². The van der Waals surface area contributed by atoms with Crippen molar-refractivity contribution in [1.29, 1.82) is 0 Å². The van der Waals surface area contributed by atoms with Crippen LogP contribution in [0.1, 0.15) is 31.2 Å². The van der Waals surface area contributed by atoms with E-state index in [0.717, 1.165) is 30.4 Å². The standard InChI is InChI=1S/C13H14ClNO/c14-12-9-15-7-6-11(12)8-13(16)10-4-2-1-3-5-10/h4,6-7,9H,1-3,5,8H2. The average Bonchev–Trinajstić information content (AvgIpc) is 2.33. The second-order valence-corrected chi connectivity index (χ2v) is 4.45. The molecule has 0 saturated heterocycles. The lowest BCUT2D eigenvalue weighted by Gasteiger charge is -2.11. The van der Waals surface area contributed by atoms with Crippen LogP contribution in [-0.4, -0.2) is 10.8 Å². The Morgan fingerprint density at radius 1 is 1.44 bits per heavy atom. The summed E-state index contributed by atoms with van der Waals surface area (Å²) in [5.74, 6) is 0.202. The van der Waals surface area contributed by atoms with Gasteiger partial charge in [-0.15, -0.1) is 0 Å². The smallest absolute Gasteiger partial charge is 0.162 e. The van der Waals surface area contributed by atoms with Crippen molar-refractivity contribution in [2.75, 3.05) is 0 Å². The van der Waals surface area contributed by atoms with Crippen LogP contribution in [0.25, 0.3) is 0 Å². The Bertz CT molecular complexity index is 426. The summed E-state index contributed by atoms with van der Waals surface area (Å²) in [5.41, 5.74) is 1.84. The molecule has 0 aromatic carbocycles. The van der Waals surface area contributed by atoms with Crippen LogP contribution in [-0.2, 0) is 11.2 Å². The third kappa shape index (κ3) is 2.70. The number of pyridine rings is 1. The molecule has 0 atom stereocenters. The van der Waals surface area contributed by atoms with Crippen molar-refractivity contribution in [3.63, 3.8) is 0 Å². The molecular weight excluding hydrogens is 222 g/mol. The van der Waals surface area contributed by atoms with Crippen LogP contribution in [0.15, 0.2) is 30.1 Å². The van der Waals surface area contributed by atoms with Gasteiger partial charge in [-0.05, 0) is 42.9 Å². The number of Topliss-reactive ketones (excluding diaryl/α,β-unsaturated/α-hetero) is 1. The number of carbonyl (C=O) groups is 1. The number of rotatable bonds is 3. The van der Waals surface area contributed by atoms with Gasteiger partial charge in [0, 0.05) is 18.8 Å². The molecule has 1 aliphatic rings. The number of halogens is 1. The Kier molecular flexibility index (Phi) is 3.73. The molecule has 0 N–H and O–H groups in total. The number of hydrogen-bond donors (Lipinski definition) is 0. The third-order valence-electron chi connectivity index (χ3n) is 2.86. The summed E-state index contributed by atoms with van der Waals surface area (Å²) in [7, 11) is 0. The number of hydrogen-bond acceptors (Lipinski definition) is 2. The Labute approximate surface area is 100 Å². The number of aromatic nitrogens is 1. The van der Waals surface area contributed by atoms with Gasteiger partial charge in [0.15, 0.2) is 5.78 Å². The topological polar surface area (TPSA) is 30.0 Å². The molecule has 84 valence electrons. The van der Waals surface area contributed by atoms with E-state index < -0.39 is 0 Å². The molecule has 0 spiro atoms. The van der Waals surface area contributed by atoms with Gasteiger partial charge in [-0.3, -0.25) is 9.78 Å². The van der Waals surface area contributed by atoms with Crippen LogP contribution >= 0.6 is 11.6 Å². The molecule has 16 heavy (non-hydrogen) atoms. The zero-order valence-electron chi connectivity index (χ0n) is 9.08. The van der Waals surface area contributed by atoms with Gasteiger partial charge in [-0.25, -0.2) is 0 Å². The summed E-state index contributed by atoms with van der Waals surface area (Å²) in [5, 5.41) is 0.576. The normalized spacial score (nSPS) is 15.7. The number of carbonyl (C=O) groups excluding carboxylic acids is 1. The predicted octanol–water partition coefficient (Wildman–Crippen LogP) is 3.35. The molecule has 1 aliphatic carbocycles. The molecule has 0 amide bonds. The fourth-order valence-corrected chi connectivity index (χ4v) is 2.11. The summed E-state index contributed by atoms with van der Waals surface area (Å²) in [4.78, 5) is 15.9. The predicted molar refractivity (Wildman–Crippen MR) is 64.5 cm³/mol. The molecule has 0 bridgehead atoms. The van der Waals surface area contributed by atoms with Gasteiger partial charge in [-0.2, -0.15) is 0 Å². The molecule has 0 fully saturated rings. The second-order valence-electron chi connectivity index (χ2n) is 4.04. The van der Waals surface area contributed by atoms with Gasteiger partial charge in [0.2, 0.25) is 0 Å². The zero-order chi connectivity index (χ0) is 11.4. The van der Waals surface area contributed by atoms with Gasteiger partial charge in [-0.1, -0.05) is 17.7 Å². The molecule has 3 heteroatoms. The molecule has 2 rings (SSSR count). The van der Waals surface area contributed by atoms with Crippen LogP contribution in [0.5, 0.6) is 0 Å². The Morgan fingerprint density at radius 2 is 2.31 bits per heavy atom. The highest BCUT2D eigenvalue weighted by atomic mass is 35.5. The minimum Gasteiger partial charge on any atom is -0.294 e. The number of ketones is 1. The van der Waals surface area contributed by atoms with E-state index in [9.17, 15) is 4.79 Å². The van der Waals surface area contributed by atoms with E-state index in [1.165, 1.54) is 6.42 Å². The maximum atomic E-state index is 12.0. The van der Waals surface area contributed by atoms with Crippen molar-refractivity contribution in [1.82, 2.24) is 4.98 Å². The highest BCUT2D eigenvalue weighted by molar-refractivity contribution is 6.31. The summed E-state index contributed by atoms with van der Waals surface area (Å²) < 4.78 is 0. The highest BCUT2D eigenvalue weighted by Crippen LogP contribution is 2.21. The van der Waals surface area contributed by atoms with E-state index in [1.54, 1.807) is 12.4 Å². The zero-order valence-corrected chi connectivity index (χ0v) is 9.83. The Balaban J connectivity index is 2.07. The minimum absolute atomic E-state index is 0.202. The van der Waals surface area contributed by atoms with E-state index in [2.05, 4.69) is 11.1 Å². The van der Waals surface area contributed by atoms with Crippen LogP contribution in [0, 0.1) is 0 Å². The van der Waals surface area contributed by atoms with Crippen molar-refractivity contribution in [2.24, 2.45) is 0 Å². The minimum atomic E-state index is 0.202. The maximum absolute atomic E-state index is 12.0. The molecule has 2 nitrogen and oxygen atoms in total. The average molecular weight is 236 g/mol. The first-order valence-electron chi connectivity index (χ1n) is 5.58. The summed E-state index contributed by atoms with van der Waals surface area (Å²) in [6.07, 6.45) is 10.00. The molecular formula is C13H14ClNO. The molecule has 1 aromatic rings. The first-order valence-corrected chi connectivity index (χ1v) is 5.96. The van der Waals surface area contributed by atoms with Gasteiger partial charge in [0.05, 0.1) is 5.02 Å². The van der Waals surface area contributed by atoms with Gasteiger partial charge < -0.3 is 0 Å². The van der Waals surface area contributed by atoms with Crippen molar-refractivity contribution in [3.05, 3.63) is 40.7 Å². The van der Waals surface area contributed by atoms with Gasteiger partial charge in [0.1, 0.15) is 0 Å². The van der Waals surface area contributed by atoms with Gasteiger partial charge >= 0.3 is 0 Å². The van der Waals surface area contributed by atoms with Crippen LogP contribution < -0.4 is 0 Å². The van der Waals surface area contributed by atoms with E-state index in [-0.39, 0.29) is 5.78 Å². The van der Waals surface area contributed by atoms with Crippen molar-refractivity contribution < 1.29 is 4.79 Å². The number of allylic oxidation sites excluding steroid dienone is 2. The molecule has 0 saturated carbocycles. The molecule has 0 unspecified atom stereocenters. The van der Waals surface area contributed by atoms with E-state index in [1.807, 2.05) is 6.07 Å². The highest BCUT2D eigenvalue weighted by Gasteiger charge is 2.14. The SMILES string of the molecule is O=C(Cc1ccncc1Cl)C1=CCCCC1. The van der Waals surface area contributed by atoms with Crippen LogP contribution in [0.2, 0.25) is 5.02 Å². The first-order chi connectivity index (χ1) is 7.77. The lowest BCUT2D eigenvalue weighted by molar-refractivity contribution is -0.115. The number of nitrogens with zero attached hydrogens (tertiary/aromatic N) is 1. The second kappa shape index (κ2) is 5.26. The molecule has 1 aromatic heterocycles. The van der Waals surface area contributed by atoms with Crippen molar-refractivity contribution >= 4 is 17.4 Å². The lowest BCUT2D eigenvalue weighted by Crippen LogP contribution is -2.09. The van der Waals surface area contributed by atoms with Crippen molar-refractivity contribution in [2.45, 2.75) is 32.1 Å².